The summed E-state index contributed by atoms with van der Waals surface area (Å²) in [5.41, 5.74) is 0.150. The minimum absolute atomic E-state index is 0.112. The second kappa shape index (κ2) is 7.02. The number of esters is 1. The molecule has 7 heteroatoms. The Morgan fingerprint density at radius 3 is 2.73 bits per heavy atom. The number of hydrogen-bond donors (Lipinski definition) is 0. The molecule has 1 aromatic rings. The first-order chi connectivity index (χ1) is 10.5. The molecule has 1 saturated carbocycles. The predicted molar refractivity (Wildman–Crippen MR) is 78.4 cm³/mol. The maximum absolute atomic E-state index is 12.5. The van der Waals surface area contributed by atoms with Gasteiger partial charge in [0.25, 0.3) is 11.6 Å². The maximum Gasteiger partial charge on any atom is 0.307 e. The zero-order valence-electron chi connectivity index (χ0n) is 12.4. The highest BCUT2D eigenvalue weighted by Gasteiger charge is 2.33. The van der Waals surface area contributed by atoms with Crippen LogP contribution in [-0.2, 0) is 9.53 Å². The van der Waals surface area contributed by atoms with Gasteiger partial charge in [-0.15, -0.1) is 0 Å². The van der Waals surface area contributed by atoms with Crippen molar-refractivity contribution < 1.29 is 19.2 Å². The Hall–Kier alpha value is -2.44. The first-order valence-corrected chi connectivity index (χ1v) is 7.24. The first-order valence-electron chi connectivity index (χ1n) is 7.24. The lowest BCUT2D eigenvalue weighted by Gasteiger charge is -2.22. The zero-order valence-corrected chi connectivity index (χ0v) is 12.4. The van der Waals surface area contributed by atoms with Gasteiger partial charge >= 0.3 is 5.97 Å². The van der Waals surface area contributed by atoms with Gasteiger partial charge in [0.15, 0.2) is 0 Å². The smallest absolute Gasteiger partial charge is 0.307 e. The van der Waals surface area contributed by atoms with E-state index in [9.17, 15) is 19.7 Å². The summed E-state index contributed by atoms with van der Waals surface area (Å²) in [6.45, 7) is 2.30. The summed E-state index contributed by atoms with van der Waals surface area (Å²) in [5.74, 6) is -0.629. The molecule has 0 bridgehead atoms. The van der Waals surface area contributed by atoms with Crippen LogP contribution in [0.2, 0.25) is 0 Å². The van der Waals surface area contributed by atoms with E-state index in [0.717, 1.165) is 12.8 Å². The number of carbonyl (C=O) groups excluding carboxylic acids is 2. The van der Waals surface area contributed by atoms with Gasteiger partial charge in [-0.05, 0) is 25.8 Å². The Balaban J connectivity index is 2.08. The van der Waals surface area contributed by atoms with Crippen LogP contribution in [0, 0.1) is 10.1 Å². The molecular formula is C15H18N2O5. The monoisotopic (exact) mass is 306 g/mol. The Labute approximate surface area is 128 Å². The lowest BCUT2D eigenvalue weighted by atomic mass is 10.1. The quantitative estimate of drug-likeness (QED) is 0.437. The van der Waals surface area contributed by atoms with E-state index in [-0.39, 0.29) is 42.1 Å². The highest BCUT2D eigenvalue weighted by atomic mass is 16.6. The molecule has 22 heavy (non-hydrogen) atoms. The van der Waals surface area contributed by atoms with Gasteiger partial charge in [-0.25, -0.2) is 0 Å². The Bertz CT molecular complexity index is 583. The molecular weight excluding hydrogens is 288 g/mol. The van der Waals surface area contributed by atoms with Crippen LogP contribution in [0.25, 0.3) is 0 Å². The summed E-state index contributed by atoms with van der Waals surface area (Å²) in [7, 11) is 0. The molecule has 1 aliphatic carbocycles. The summed E-state index contributed by atoms with van der Waals surface area (Å²) in [5, 5.41) is 10.8. The van der Waals surface area contributed by atoms with Gasteiger partial charge in [0.05, 0.1) is 18.0 Å². The number of carbonyl (C=O) groups is 2. The summed E-state index contributed by atoms with van der Waals surface area (Å²) in [4.78, 5) is 35.8. The van der Waals surface area contributed by atoms with Crippen molar-refractivity contribution in [2.45, 2.75) is 32.2 Å². The number of ether oxygens (including phenoxy) is 1. The molecule has 1 aromatic carbocycles. The first kappa shape index (κ1) is 15.9. The normalized spacial score (nSPS) is 13.5. The number of non-ortho nitro benzene ring substituents is 1. The number of rotatable bonds is 7. The Morgan fingerprint density at radius 1 is 1.41 bits per heavy atom. The van der Waals surface area contributed by atoms with Crippen LogP contribution >= 0.6 is 0 Å². The average molecular weight is 306 g/mol. The van der Waals surface area contributed by atoms with E-state index in [1.54, 1.807) is 17.9 Å². The van der Waals surface area contributed by atoms with Crippen LogP contribution in [0.4, 0.5) is 5.69 Å². The molecule has 1 fully saturated rings. The van der Waals surface area contributed by atoms with Crippen molar-refractivity contribution >= 4 is 17.6 Å². The second-order valence-corrected chi connectivity index (χ2v) is 5.09. The lowest BCUT2D eigenvalue weighted by molar-refractivity contribution is -0.384. The van der Waals surface area contributed by atoms with Crippen molar-refractivity contribution in [2.24, 2.45) is 0 Å². The third kappa shape index (κ3) is 4.03. The van der Waals surface area contributed by atoms with Crippen LogP contribution in [0.1, 0.15) is 36.5 Å². The molecule has 2 rings (SSSR count). The van der Waals surface area contributed by atoms with Gasteiger partial charge in [-0.2, -0.15) is 0 Å². The summed E-state index contributed by atoms with van der Waals surface area (Å²) in [6.07, 6.45) is 1.91. The van der Waals surface area contributed by atoms with Crippen LogP contribution < -0.4 is 0 Å². The minimum atomic E-state index is -0.531. The Morgan fingerprint density at radius 2 is 2.14 bits per heavy atom. The zero-order chi connectivity index (χ0) is 16.1. The van der Waals surface area contributed by atoms with Gasteiger partial charge in [0.1, 0.15) is 0 Å². The molecule has 0 spiro atoms. The molecule has 0 radical (unpaired) electrons. The predicted octanol–water partition coefficient (Wildman–Crippen LogP) is 2.15. The SMILES string of the molecule is CCOC(=O)CCN(C(=O)c1cccc([N+](=O)[O-])c1)C1CC1. The fourth-order valence-corrected chi connectivity index (χ4v) is 2.20. The highest BCUT2D eigenvalue weighted by Crippen LogP contribution is 2.29. The van der Waals surface area contributed by atoms with Crippen molar-refractivity contribution in [1.29, 1.82) is 0 Å². The minimum Gasteiger partial charge on any atom is -0.466 e. The van der Waals surface area contributed by atoms with E-state index >= 15 is 0 Å². The van der Waals surface area contributed by atoms with Gasteiger partial charge in [0.2, 0.25) is 0 Å². The third-order valence-electron chi connectivity index (χ3n) is 3.41. The van der Waals surface area contributed by atoms with E-state index in [1.165, 1.54) is 18.2 Å². The van der Waals surface area contributed by atoms with E-state index < -0.39 is 4.92 Å². The van der Waals surface area contributed by atoms with E-state index in [1.807, 2.05) is 0 Å². The molecule has 0 N–H and O–H groups in total. The molecule has 0 aliphatic heterocycles. The fourth-order valence-electron chi connectivity index (χ4n) is 2.20. The summed E-state index contributed by atoms with van der Waals surface area (Å²) in [6, 6.07) is 5.76. The topological polar surface area (TPSA) is 89.8 Å². The van der Waals surface area contributed by atoms with Crippen LogP contribution in [-0.4, -0.2) is 40.9 Å². The van der Waals surface area contributed by atoms with Gasteiger partial charge in [0, 0.05) is 30.3 Å². The molecule has 0 atom stereocenters. The largest absolute Gasteiger partial charge is 0.466 e. The summed E-state index contributed by atoms with van der Waals surface area (Å²) < 4.78 is 4.86. The molecule has 7 nitrogen and oxygen atoms in total. The molecule has 118 valence electrons. The second-order valence-electron chi connectivity index (χ2n) is 5.09. The van der Waals surface area contributed by atoms with E-state index in [2.05, 4.69) is 0 Å². The van der Waals surface area contributed by atoms with Gasteiger partial charge < -0.3 is 9.64 Å². The molecule has 0 unspecified atom stereocenters. The number of nitro groups is 1. The van der Waals surface area contributed by atoms with Crippen molar-refractivity contribution in [3.63, 3.8) is 0 Å². The maximum atomic E-state index is 12.5. The standard InChI is InChI=1S/C15H18N2O5/c1-2-22-14(18)8-9-16(12-6-7-12)15(19)11-4-3-5-13(10-11)17(20)21/h3-5,10,12H,2,6-9H2,1H3. The number of nitrogens with zero attached hydrogens (tertiary/aromatic N) is 2. The number of benzene rings is 1. The number of hydrogen-bond acceptors (Lipinski definition) is 5. The van der Waals surface area contributed by atoms with Crippen molar-refractivity contribution in [3.8, 4) is 0 Å². The van der Waals surface area contributed by atoms with Crippen molar-refractivity contribution in [1.82, 2.24) is 4.90 Å². The van der Waals surface area contributed by atoms with Crippen molar-refractivity contribution in [2.75, 3.05) is 13.2 Å². The van der Waals surface area contributed by atoms with Crippen LogP contribution in [0.5, 0.6) is 0 Å². The van der Waals surface area contributed by atoms with Gasteiger partial charge in [-0.3, -0.25) is 19.7 Å². The fraction of sp³-hybridized carbons (Fsp3) is 0.467. The lowest BCUT2D eigenvalue weighted by Crippen LogP contribution is -2.35. The van der Waals surface area contributed by atoms with Gasteiger partial charge in [-0.1, -0.05) is 6.07 Å². The van der Waals surface area contributed by atoms with Crippen molar-refractivity contribution in [3.05, 3.63) is 39.9 Å². The average Bonchev–Trinajstić information content (AvgIpc) is 3.32. The Kier molecular flexibility index (Phi) is 5.08. The molecule has 0 saturated heterocycles. The van der Waals surface area contributed by atoms with E-state index in [0.29, 0.717) is 6.61 Å². The van der Waals surface area contributed by atoms with Crippen LogP contribution in [0.15, 0.2) is 24.3 Å². The molecule has 0 aromatic heterocycles. The number of amides is 1. The molecule has 0 heterocycles. The van der Waals surface area contributed by atoms with E-state index in [4.69, 9.17) is 4.74 Å². The number of nitro benzene ring substituents is 1. The molecule has 1 amide bonds. The van der Waals surface area contributed by atoms with Crippen LogP contribution in [0.3, 0.4) is 0 Å². The molecule has 1 aliphatic rings. The third-order valence-corrected chi connectivity index (χ3v) is 3.41. The summed E-state index contributed by atoms with van der Waals surface area (Å²) >= 11 is 0. The highest BCUT2D eigenvalue weighted by molar-refractivity contribution is 5.95.